The summed E-state index contributed by atoms with van der Waals surface area (Å²) in [6, 6.07) is 4.70. The highest BCUT2D eigenvalue weighted by molar-refractivity contribution is 5.97. The Labute approximate surface area is 83.7 Å². The molecular formula is C11H15FN2. The maximum absolute atomic E-state index is 13.0. The lowest BCUT2D eigenvalue weighted by atomic mass is 10.1. The van der Waals surface area contributed by atoms with Gasteiger partial charge in [0, 0.05) is 12.1 Å². The van der Waals surface area contributed by atoms with Gasteiger partial charge < -0.3 is 5.73 Å². The molecule has 0 saturated carbocycles. The van der Waals surface area contributed by atoms with Crippen molar-refractivity contribution in [3.05, 3.63) is 35.1 Å². The van der Waals surface area contributed by atoms with Gasteiger partial charge in [-0.05, 0) is 37.1 Å². The molecule has 0 radical (unpaired) electrons. The predicted molar refractivity (Wildman–Crippen MR) is 57.0 cm³/mol. The molecule has 0 spiro atoms. The Hall–Kier alpha value is -1.38. The summed E-state index contributed by atoms with van der Waals surface area (Å²) in [5.74, 6) is 0.143. The average Bonchev–Trinajstić information content (AvgIpc) is 2.12. The molecule has 0 saturated heterocycles. The highest BCUT2D eigenvalue weighted by Gasteiger charge is 2.01. The number of aryl methyl sites for hydroxylation is 1. The minimum Gasteiger partial charge on any atom is -0.384 e. The van der Waals surface area contributed by atoms with Gasteiger partial charge in [-0.3, -0.25) is 4.99 Å². The number of nitrogens with two attached hydrogens (primary N) is 1. The number of hydrogen-bond acceptors (Lipinski definition) is 1. The minimum absolute atomic E-state index is 0.269. The summed E-state index contributed by atoms with van der Waals surface area (Å²) in [4.78, 5) is 4.12. The number of benzene rings is 1. The Morgan fingerprint density at radius 3 is 2.71 bits per heavy atom. The lowest BCUT2D eigenvalue weighted by Gasteiger charge is -2.02. The molecule has 1 rings (SSSR count). The van der Waals surface area contributed by atoms with Crippen LogP contribution in [0.4, 0.5) is 4.39 Å². The maximum atomic E-state index is 13.0. The first-order chi connectivity index (χ1) is 6.63. The molecule has 0 heterocycles. The van der Waals surface area contributed by atoms with Crippen molar-refractivity contribution in [1.29, 1.82) is 0 Å². The van der Waals surface area contributed by atoms with Gasteiger partial charge in [0.2, 0.25) is 0 Å². The first-order valence-corrected chi connectivity index (χ1v) is 4.71. The fraction of sp³-hybridized carbons (Fsp3) is 0.364. The van der Waals surface area contributed by atoms with Crippen LogP contribution < -0.4 is 5.73 Å². The first-order valence-electron chi connectivity index (χ1n) is 4.71. The molecule has 0 amide bonds. The smallest absolute Gasteiger partial charge is 0.125 e. The molecular weight excluding hydrogens is 179 g/mol. The molecule has 14 heavy (non-hydrogen) atoms. The summed E-state index contributed by atoms with van der Waals surface area (Å²) in [5.41, 5.74) is 7.22. The normalized spacial score (nSPS) is 11.8. The Balaban J connectivity index is 2.95. The van der Waals surface area contributed by atoms with Crippen LogP contribution in [0.15, 0.2) is 23.2 Å². The van der Waals surface area contributed by atoms with Crippen molar-refractivity contribution < 1.29 is 4.39 Å². The summed E-state index contributed by atoms with van der Waals surface area (Å²) in [7, 11) is 0. The minimum atomic E-state index is -0.269. The van der Waals surface area contributed by atoms with Crippen molar-refractivity contribution >= 4 is 5.84 Å². The van der Waals surface area contributed by atoms with Crippen LogP contribution >= 0.6 is 0 Å². The summed E-state index contributed by atoms with van der Waals surface area (Å²) in [6.45, 7) is 4.54. The van der Waals surface area contributed by atoms with E-state index in [1.165, 1.54) is 12.1 Å². The Kier molecular flexibility index (Phi) is 3.63. The van der Waals surface area contributed by atoms with Crippen LogP contribution in [0.25, 0.3) is 0 Å². The molecule has 2 nitrogen and oxygen atoms in total. The number of hydrogen-bond donors (Lipinski definition) is 1. The third kappa shape index (κ3) is 2.83. The van der Waals surface area contributed by atoms with Gasteiger partial charge in [-0.1, -0.05) is 6.92 Å². The van der Waals surface area contributed by atoms with Gasteiger partial charge in [-0.15, -0.1) is 0 Å². The summed E-state index contributed by atoms with van der Waals surface area (Å²) < 4.78 is 13.0. The highest BCUT2D eigenvalue weighted by Crippen LogP contribution is 2.08. The number of aliphatic imine (C=N–C) groups is 1. The molecule has 0 fully saturated rings. The molecule has 0 aliphatic heterocycles. The molecule has 0 atom stereocenters. The van der Waals surface area contributed by atoms with Crippen LogP contribution in [0.3, 0.4) is 0 Å². The average molecular weight is 194 g/mol. The molecule has 0 aromatic heterocycles. The number of halogens is 1. The van der Waals surface area contributed by atoms with Gasteiger partial charge >= 0.3 is 0 Å². The molecule has 0 unspecified atom stereocenters. The van der Waals surface area contributed by atoms with Gasteiger partial charge in [0.15, 0.2) is 0 Å². The largest absolute Gasteiger partial charge is 0.384 e. The Morgan fingerprint density at radius 2 is 2.14 bits per heavy atom. The Morgan fingerprint density at radius 1 is 1.43 bits per heavy atom. The van der Waals surface area contributed by atoms with E-state index in [9.17, 15) is 4.39 Å². The van der Waals surface area contributed by atoms with Crippen molar-refractivity contribution in [3.63, 3.8) is 0 Å². The lowest BCUT2D eigenvalue weighted by Crippen LogP contribution is -2.14. The maximum Gasteiger partial charge on any atom is 0.125 e. The molecule has 1 aromatic rings. The fourth-order valence-electron chi connectivity index (χ4n) is 1.21. The second kappa shape index (κ2) is 4.74. The SMILES string of the molecule is CCCN=C(N)c1cc(C)cc(F)c1. The van der Waals surface area contributed by atoms with E-state index in [-0.39, 0.29) is 5.82 Å². The van der Waals surface area contributed by atoms with Crippen molar-refractivity contribution in [2.24, 2.45) is 10.7 Å². The van der Waals surface area contributed by atoms with Gasteiger partial charge in [-0.25, -0.2) is 4.39 Å². The van der Waals surface area contributed by atoms with Crippen LogP contribution in [-0.2, 0) is 0 Å². The number of nitrogens with zero attached hydrogens (tertiary/aromatic N) is 1. The van der Waals surface area contributed by atoms with E-state index in [0.717, 1.165) is 12.0 Å². The zero-order valence-electron chi connectivity index (χ0n) is 8.55. The third-order valence-electron chi connectivity index (χ3n) is 1.84. The lowest BCUT2D eigenvalue weighted by molar-refractivity contribution is 0.626. The molecule has 76 valence electrons. The van der Waals surface area contributed by atoms with Crippen molar-refractivity contribution in [3.8, 4) is 0 Å². The van der Waals surface area contributed by atoms with Crippen LogP contribution in [0, 0.1) is 12.7 Å². The van der Waals surface area contributed by atoms with E-state index < -0.39 is 0 Å². The van der Waals surface area contributed by atoms with Crippen molar-refractivity contribution in [1.82, 2.24) is 0 Å². The third-order valence-corrected chi connectivity index (χ3v) is 1.84. The topological polar surface area (TPSA) is 38.4 Å². The van der Waals surface area contributed by atoms with E-state index in [4.69, 9.17) is 5.73 Å². The zero-order chi connectivity index (χ0) is 10.6. The molecule has 0 aliphatic carbocycles. The van der Waals surface area contributed by atoms with Gasteiger partial charge in [-0.2, -0.15) is 0 Å². The monoisotopic (exact) mass is 194 g/mol. The molecule has 0 bridgehead atoms. The quantitative estimate of drug-likeness (QED) is 0.581. The van der Waals surface area contributed by atoms with Crippen molar-refractivity contribution in [2.75, 3.05) is 6.54 Å². The first kappa shape index (κ1) is 10.7. The standard InChI is InChI=1S/C11H15FN2/c1-3-4-14-11(13)9-5-8(2)6-10(12)7-9/h5-7H,3-4H2,1-2H3,(H2,13,14). The number of rotatable bonds is 3. The van der Waals surface area contributed by atoms with E-state index in [1.807, 2.05) is 19.9 Å². The zero-order valence-corrected chi connectivity index (χ0v) is 8.55. The van der Waals surface area contributed by atoms with E-state index in [2.05, 4.69) is 4.99 Å². The van der Waals surface area contributed by atoms with E-state index in [1.54, 1.807) is 0 Å². The molecule has 0 aliphatic rings. The van der Waals surface area contributed by atoms with Gasteiger partial charge in [0.05, 0.1) is 0 Å². The van der Waals surface area contributed by atoms with E-state index in [0.29, 0.717) is 17.9 Å². The van der Waals surface area contributed by atoms with Crippen LogP contribution in [0.2, 0.25) is 0 Å². The summed E-state index contributed by atoms with van der Waals surface area (Å²) in [6.07, 6.45) is 0.939. The van der Waals surface area contributed by atoms with Crippen LogP contribution in [0.5, 0.6) is 0 Å². The Bertz CT molecular complexity index is 325. The van der Waals surface area contributed by atoms with Gasteiger partial charge in [0.1, 0.15) is 11.7 Å². The summed E-state index contributed by atoms with van der Waals surface area (Å²) >= 11 is 0. The van der Waals surface area contributed by atoms with E-state index >= 15 is 0 Å². The fourth-order valence-corrected chi connectivity index (χ4v) is 1.21. The highest BCUT2D eigenvalue weighted by atomic mass is 19.1. The second-order valence-electron chi connectivity index (χ2n) is 3.28. The van der Waals surface area contributed by atoms with Crippen LogP contribution in [0.1, 0.15) is 24.5 Å². The van der Waals surface area contributed by atoms with Gasteiger partial charge in [0.25, 0.3) is 0 Å². The van der Waals surface area contributed by atoms with Crippen molar-refractivity contribution in [2.45, 2.75) is 20.3 Å². The molecule has 1 aromatic carbocycles. The number of amidine groups is 1. The second-order valence-corrected chi connectivity index (χ2v) is 3.28. The predicted octanol–water partition coefficient (Wildman–Crippen LogP) is 2.25. The summed E-state index contributed by atoms with van der Waals surface area (Å²) in [5, 5.41) is 0. The molecule has 3 heteroatoms. The molecule has 2 N–H and O–H groups in total. The van der Waals surface area contributed by atoms with Crippen LogP contribution in [-0.4, -0.2) is 12.4 Å².